The van der Waals surface area contributed by atoms with E-state index in [1.807, 2.05) is 0 Å². The number of carbonyl (C=O) groups is 1. The molecule has 2 aromatic rings. The monoisotopic (exact) mass is 576 g/mol. The number of hydrogen-bond donors (Lipinski definition) is 1. The van der Waals surface area contributed by atoms with Crippen molar-refractivity contribution in [1.29, 1.82) is 0 Å². The molecule has 13 heteroatoms. The van der Waals surface area contributed by atoms with Gasteiger partial charge in [-0.15, -0.1) is 0 Å². The van der Waals surface area contributed by atoms with Crippen molar-refractivity contribution >= 4 is 58.0 Å². The van der Waals surface area contributed by atoms with Gasteiger partial charge in [0.15, 0.2) is 12.3 Å². The van der Waals surface area contributed by atoms with Crippen LogP contribution < -0.4 is 5.32 Å². The Morgan fingerprint density at radius 3 is 2.57 bits per heavy atom. The third kappa shape index (κ3) is 6.68. The van der Waals surface area contributed by atoms with Gasteiger partial charge in [-0.25, -0.2) is 4.68 Å². The van der Waals surface area contributed by atoms with Crippen LogP contribution >= 0.6 is 34.8 Å². The topological polar surface area (TPSA) is 77.7 Å². The predicted octanol–water partition coefficient (Wildman–Crippen LogP) is 7.51. The van der Waals surface area contributed by atoms with Gasteiger partial charge in [-0.3, -0.25) is 4.79 Å². The lowest BCUT2D eigenvalue weighted by Crippen LogP contribution is -2.22. The fraction of sp³-hybridized carbons (Fsp3) is 0.292. The summed E-state index contributed by atoms with van der Waals surface area (Å²) in [5.74, 6) is -0.946. The van der Waals surface area contributed by atoms with Crippen LogP contribution in [0.1, 0.15) is 48.9 Å². The number of nitrogens with zero attached hydrogens (tertiary/aromatic N) is 3. The van der Waals surface area contributed by atoms with Crippen LogP contribution in [0.2, 0.25) is 10.0 Å². The van der Waals surface area contributed by atoms with Crippen LogP contribution in [0.3, 0.4) is 0 Å². The lowest BCUT2D eigenvalue weighted by molar-refractivity contribution is -0.141. The highest BCUT2D eigenvalue weighted by atomic mass is 35.5. The van der Waals surface area contributed by atoms with Crippen molar-refractivity contribution < 1.29 is 27.5 Å². The SMILES string of the molecule is C\C=C/C=C(Cl)\C(=C(\C)CC)n1nc(C(F)(F)F)cc1C(=O)Nc1c(Cl)cc(Cl)cc1C1=NOCCO1. The second-order valence-electron chi connectivity index (χ2n) is 7.69. The molecule has 1 aromatic heterocycles. The molecule has 0 radical (unpaired) electrons. The second kappa shape index (κ2) is 12.1. The van der Waals surface area contributed by atoms with Gasteiger partial charge in [0.1, 0.15) is 12.3 Å². The van der Waals surface area contributed by atoms with E-state index in [-0.39, 0.29) is 51.1 Å². The highest BCUT2D eigenvalue weighted by Gasteiger charge is 2.37. The van der Waals surface area contributed by atoms with E-state index >= 15 is 0 Å². The minimum atomic E-state index is -4.82. The lowest BCUT2D eigenvalue weighted by atomic mass is 10.1. The Labute approximate surface area is 226 Å². The van der Waals surface area contributed by atoms with Gasteiger partial charge in [0.25, 0.3) is 11.8 Å². The Morgan fingerprint density at radius 1 is 1.24 bits per heavy atom. The first kappa shape index (κ1) is 28.6. The zero-order chi connectivity index (χ0) is 27.3. The molecular formula is C24H22Cl3F3N4O3. The summed E-state index contributed by atoms with van der Waals surface area (Å²) in [5, 5.41) is 10.4. The molecule has 0 saturated carbocycles. The van der Waals surface area contributed by atoms with Gasteiger partial charge < -0.3 is 14.9 Å². The first-order valence-electron chi connectivity index (χ1n) is 11.0. The van der Waals surface area contributed by atoms with E-state index in [9.17, 15) is 18.0 Å². The maximum absolute atomic E-state index is 13.7. The summed E-state index contributed by atoms with van der Waals surface area (Å²) in [4.78, 5) is 18.5. The fourth-order valence-corrected chi connectivity index (χ4v) is 4.10. The number of oxime groups is 1. The van der Waals surface area contributed by atoms with Crippen LogP contribution in [0.4, 0.5) is 18.9 Å². The van der Waals surface area contributed by atoms with Crippen molar-refractivity contribution in [2.45, 2.75) is 33.4 Å². The largest absolute Gasteiger partial charge is 0.471 e. The Balaban J connectivity index is 2.18. The lowest BCUT2D eigenvalue weighted by Gasteiger charge is -2.18. The number of amides is 1. The second-order valence-corrected chi connectivity index (χ2v) is 8.94. The van der Waals surface area contributed by atoms with Gasteiger partial charge in [0, 0.05) is 11.1 Å². The van der Waals surface area contributed by atoms with Crippen molar-refractivity contribution in [2.75, 3.05) is 18.5 Å². The molecule has 7 nitrogen and oxygen atoms in total. The van der Waals surface area contributed by atoms with Gasteiger partial charge in [-0.1, -0.05) is 53.9 Å². The quantitative estimate of drug-likeness (QED) is 0.346. The van der Waals surface area contributed by atoms with E-state index < -0.39 is 23.5 Å². The molecular weight excluding hydrogens is 556 g/mol. The number of benzene rings is 1. The van der Waals surface area contributed by atoms with Gasteiger partial charge in [0.2, 0.25) is 0 Å². The molecule has 1 aliphatic heterocycles. The molecule has 2 heterocycles. The molecule has 0 unspecified atom stereocenters. The van der Waals surface area contributed by atoms with Gasteiger partial charge in [-0.2, -0.15) is 18.3 Å². The number of ether oxygens (including phenoxy) is 1. The number of nitrogens with one attached hydrogen (secondary N) is 1. The van der Waals surface area contributed by atoms with Crippen LogP contribution in [0, 0.1) is 0 Å². The van der Waals surface area contributed by atoms with E-state index in [4.69, 9.17) is 44.4 Å². The number of alkyl halides is 3. The van der Waals surface area contributed by atoms with Crippen LogP contribution in [0.15, 0.2) is 52.2 Å². The van der Waals surface area contributed by atoms with Gasteiger partial charge in [0.05, 0.1) is 27.0 Å². The maximum Gasteiger partial charge on any atom is 0.435 e. The normalized spacial score (nSPS) is 15.2. The first-order valence-corrected chi connectivity index (χ1v) is 12.1. The smallest absolute Gasteiger partial charge is 0.435 e. The minimum absolute atomic E-state index is 0.00125. The molecule has 0 atom stereocenters. The standard InChI is InChI=1S/C24H22Cl3F3N4O3/c1-4-6-7-16(26)21(13(3)5-2)34-18(12-19(32-34)24(28,29)30)22(35)31-20-15(10-14(25)11-17(20)27)23-33-37-9-8-36-23/h4,6-7,10-12H,5,8-9H2,1-3H3,(H,31,35)/b6-4-,16-7+,21-13+. The Bertz CT molecular complexity index is 1310. The number of aromatic nitrogens is 2. The van der Waals surface area contributed by atoms with E-state index in [0.29, 0.717) is 18.1 Å². The van der Waals surface area contributed by atoms with Crippen molar-refractivity contribution in [3.63, 3.8) is 0 Å². The molecule has 1 N–H and O–H groups in total. The van der Waals surface area contributed by atoms with Crippen molar-refractivity contribution in [1.82, 2.24) is 9.78 Å². The van der Waals surface area contributed by atoms with Gasteiger partial charge >= 0.3 is 6.18 Å². The van der Waals surface area contributed by atoms with Crippen LogP contribution in [-0.2, 0) is 15.8 Å². The van der Waals surface area contributed by atoms with Crippen LogP contribution in [0.5, 0.6) is 0 Å². The summed E-state index contributed by atoms with van der Waals surface area (Å²) in [5.41, 5.74) is -0.774. The number of hydrogen-bond acceptors (Lipinski definition) is 5. The van der Waals surface area contributed by atoms with E-state index in [0.717, 1.165) is 4.68 Å². The summed E-state index contributed by atoms with van der Waals surface area (Å²) in [6.45, 7) is 5.64. The summed E-state index contributed by atoms with van der Waals surface area (Å²) in [7, 11) is 0. The Morgan fingerprint density at radius 2 is 1.97 bits per heavy atom. The molecule has 1 aliphatic rings. The Hall–Kier alpha value is -2.95. The van der Waals surface area contributed by atoms with Crippen molar-refractivity contribution in [2.24, 2.45) is 5.16 Å². The number of carbonyl (C=O) groups excluding carboxylic acids is 1. The number of halogens is 6. The average molecular weight is 578 g/mol. The molecule has 0 spiro atoms. The zero-order valence-electron chi connectivity index (χ0n) is 19.9. The highest BCUT2D eigenvalue weighted by molar-refractivity contribution is 6.38. The predicted molar refractivity (Wildman–Crippen MR) is 138 cm³/mol. The van der Waals surface area contributed by atoms with E-state index in [1.165, 1.54) is 18.2 Å². The molecule has 3 rings (SSSR count). The molecule has 1 aromatic carbocycles. The molecule has 0 saturated heterocycles. The molecule has 0 aliphatic carbocycles. The third-order valence-corrected chi connectivity index (χ3v) is 5.95. The van der Waals surface area contributed by atoms with Crippen molar-refractivity contribution in [3.8, 4) is 0 Å². The Kier molecular flexibility index (Phi) is 9.33. The first-order chi connectivity index (χ1) is 17.5. The average Bonchev–Trinajstić information content (AvgIpc) is 3.30. The number of anilines is 1. The maximum atomic E-state index is 13.7. The third-order valence-electron chi connectivity index (χ3n) is 5.12. The minimum Gasteiger partial charge on any atom is -0.471 e. The van der Waals surface area contributed by atoms with Gasteiger partial charge in [-0.05, 0) is 49.2 Å². The molecule has 0 fully saturated rings. The number of rotatable bonds is 7. The summed E-state index contributed by atoms with van der Waals surface area (Å²) < 4.78 is 47.4. The number of allylic oxidation sites excluding steroid dienone is 6. The molecule has 1 amide bonds. The summed E-state index contributed by atoms with van der Waals surface area (Å²) >= 11 is 18.9. The summed E-state index contributed by atoms with van der Waals surface area (Å²) in [6.07, 6.45) is 0.423. The molecule has 198 valence electrons. The molecule has 0 bridgehead atoms. The van der Waals surface area contributed by atoms with Crippen LogP contribution in [0.25, 0.3) is 5.70 Å². The zero-order valence-corrected chi connectivity index (χ0v) is 22.2. The molecule has 37 heavy (non-hydrogen) atoms. The highest BCUT2D eigenvalue weighted by Crippen LogP contribution is 2.35. The summed E-state index contributed by atoms with van der Waals surface area (Å²) in [6, 6.07) is 3.42. The van der Waals surface area contributed by atoms with E-state index in [1.54, 1.807) is 32.9 Å². The fourth-order valence-electron chi connectivity index (χ4n) is 3.24. The van der Waals surface area contributed by atoms with Crippen LogP contribution in [-0.4, -0.2) is 34.8 Å². The van der Waals surface area contributed by atoms with Crippen molar-refractivity contribution in [3.05, 3.63) is 74.0 Å². The van der Waals surface area contributed by atoms with E-state index in [2.05, 4.69) is 15.6 Å².